The molecule has 3 N–H and O–H groups in total. The zero-order valence-electron chi connectivity index (χ0n) is 11.4. The summed E-state index contributed by atoms with van der Waals surface area (Å²) < 4.78 is 0. The van der Waals surface area contributed by atoms with E-state index in [0.717, 1.165) is 22.5 Å². The Bertz CT molecular complexity index is 697. The molecule has 100 valence electrons. The maximum absolute atomic E-state index is 5.74. The van der Waals surface area contributed by atoms with Crippen molar-refractivity contribution < 1.29 is 0 Å². The van der Waals surface area contributed by atoms with Gasteiger partial charge in [0.15, 0.2) is 0 Å². The van der Waals surface area contributed by atoms with Crippen molar-refractivity contribution in [2.45, 2.75) is 13.5 Å². The molecule has 0 unspecified atom stereocenters. The highest BCUT2D eigenvalue weighted by Crippen LogP contribution is 2.28. The Morgan fingerprint density at radius 3 is 2.15 bits per heavy atom. The summed E-state index contributed by atoms with van der Waals surface area (Å²) in [6, 6.07) is 18.9. The third-order valence-electron chi connectivity index (χ3n) is 3.50. The maximum atomic E-state index is 5.74. The number of aryl methyl sites for hydroxylation is 1. The quantitative estimate of drug-likeness (QED) is 0.759. The van der Waals surface area contributed by atoms with E-state index in [1.54, 1.807) is 0 Å². The second-order valence-corrected chi connectivity index (χ2v) is 4.82. The van der Waals surface area contributed by atoms with Crippen LogP contribution in [0.4, 0.5) is 0 Å². The number of hydrogen-bond acceptors (Lipinski definition) is 2. The molecule has 0 aliphatic carbocycles. The van der Waals surface area contributed by atoms with E-state index in [2.05, 4.69) is 58.7 Å². The summed E-state index contributed by atoms with van der Waals surface area (Å²) in [5.41, 5.74) is 12.4. The highest BCUT2D eigenvalue weighted by Gasteiger charge is 2.11. The van der Waals surface area contributed by atoms with E-state index in [1.807, 2.05) is 13.0 Å². The lowest BCUT2D eigenvalue weighted by Crippen LogP contribution is -1.98. The largest absolute Gasteiger partial charge is 0.325 e. The van der Waals surface area contributed by atoms with E-state index in [-0.39, 0.29) is 0 Å². The lowest BCUT2D eigenvalue weighted by molar-refractivity contribution is 0.940. The van der Waals surface area contributed by atoms with Gasteiger partial charge in [0.05, 0.1) is 5.69 Å². The van der Waals surface area contributed by atoms with Crippen molar-refractivity contribution in [1.82, 2.24) is 10.2 Å². The fourth-order valence-corrected chi connectivity index (χ4v) is 2.47. The molecule has 0 spiro atoms. The Balaban J connectivity index is 2.00. The predicted octanol–water partition coefficient (Wildman–Crippen LogP) is 3.51. The van der Waals surface area contributed by atoms with Crippen LogP contribution in [0.1, 0.15) is 11.4 Å². The zero-order valence-corrected chi connectivity index (χ0v) is 11.4. The van der Waals surface area contributed by atoms with Gasteiger partial charge in [-0.3, -0.25) is 5.10 Å². The van der Waals surface area contributed by atoms with E-state index in [0.29, 0.717) is 6.54 Å². The van der Waals surface area contributed by atoms with Gasteiger partial charge in [-0.15, -0.1) is 0 Å². The Labute approximate surface area is 118 Å². The highest BCUT2D eigenvalue weighted by atomic mass is 15.1. The van der Waals surface area contributed by atoms with E-state index < -0.39 is 0 Å². The second-order valence-electron chi connectivity index (χ2n) is 4.82. The zero-order chi connectivity index (χ0) is 13.9. The number of aromatic amines is 1. The van der Waals surface area contributed by atoms with Gasteiger partial charge in [-0.1, -0.05) is 54.6 Å². The van der Waals surface area contributed by atoms with E-state index in [9.17, 15) is 0 Å². The van der Waals surface area contributed by atoms with Crippen LogP contribution in [0.2, 0.25) is 0 Å². The van der Waals surface area contributed by atoms with Crippen molar-refractivity contribution in [3.63, 3.8) is 0 Å². The molecule has 1 heterocycles. The van der Waals surface area contributed by atoms with Crippen molar-refractivity contribution >= 4 is 0 Å². The molecule has 0 saturated carbocycles. The van der Waals surface area contributed by atoms with Crippen LogP contribution in [-0.4, -0.2) is 10.2 Å². The topological polar surface area (TPSA) is 54.7 Å². The fourth-order valence-electron chi connectivity index (χ4n) is 2.47. The average molecular weight is 263 g/mol. The summed E-state index contributed by atoms with van der Waals surface area (Å²) in [7, 11) is 0. The SMILES string of the molecule is Cc1[nH]nc(CN)c1-c1ccc(-c2ccccc2)cc1. The molecule has 0 fully saturated rings. The summed E-state index contributed by atoms with van der Waals surface area (Å²) in [5.74, 6) is 0. The highest BCUT2D eigenvalue weighted by molar-refractivity contribution is 5.72. The van der Waals surface area contributed by atoms with Crippen LogP contribution < -0.4 is 5.73 Å². The third-order valence-corrected chi connectivity index (χ3v) is 3.50. The van der Waals surface area contributed by atoms with Gasteiger partial charge in [-0.25, -0.2) is 0 Å². The average Bonchev–Trinajstić information content (AvgIpc) is 2.89. The Morgan fingerprint density at radius 2 is 1.50 bits per heavy atom. The van der Waals surface area contributed by atoms with E-state index in [4.69, 9.17) is 5.73 Å². The first-order valence-electron chi connectivity index (χ1n) is 6.69. The van der Waals surface area contributed by atoms with Gasteiger partial charge in [0.25, 0.3) is 0 Å². The molecule has 0 bridgehead atoms. The monoisotopic (exact) mass is 263 g/mol. The smallest absolute Gasteiger partial charge is 0.0838 e. The summed E-state index contributed by atoms with van der Waals surface area (Å²) in [6.45, 7) is 2.46. The minimum absolute atomic E-state index is 0.445. The van der Waals surface area contributed by atoms with Gasteiger partial charge in [-0.2, -0.15) is 5.10 Å². The van der Waals surface area contributed by atoms with Gasteiger partial charge in [0.2, 0.25) is 0 Å². The first kappa shape index (κ1) is 12.6. The first-order valence-corrected chi connectivity index (χ1v) is 6.69. The van der Waals surface area contributed by atoms with Crippen LogP contribution in [0.15, 0.2) is 54.6 Å². The standard InChI is InChI=1S/C17H17N3/c1-12-17(16(11-18)20-19-12)15-9-7-14(8-10-15)13-5-3-2-4-6-13/h2-10H,11,18H2,1H3,(H,19,20). The Morgan fingerprint density at radius 1 is 0.900 bits per heavy atom. The lowest BCUT2D eigenvalue weighted by atomic mass is 9.99. The van der Waals surface area contributed by atoms with Gasteiger partial charge >= 0.3 is 0 Å². The molecule has 0 atom stereocenters. The molecular weight excluding hydrogens is 246 g/mol. The number of nitrogens with two attached hydrogens (primary N) is 1. The molecule has 3 nitrogen and oxygen atoms in total. The second kappa shape index (κ2) is 5.31. The van der Waals surface area contributed by atoms with Crippen LogP contribution in [0.5, 0.6) is 0 Å². The van der Waals surface area contributed by atoms with Crippen LogP contribution in [0.25, 0.3) is 22.3 Å². The summed E-state index contributed by atoms with van der Waals surface area (Å²) >= 11 is 0. The van der Waals surface area contributed by atoms with Crippen LogP contribution in [0, 0.1) is 6.92 Å². The van der Waals surface area contributed by atoms with Crippen molar-refractivity contribution in [3.05, 3.63) is 66.0 Å². The first-order chi connectivity index (χ1) is 9.79. The number of rotatable bonds is 3. The number of H-pyrrole nitrogens is 1. The van der Waals surface area contributed by atoms with Crippen molar-refractivity contribution in [2.24, 2.45) is 5.73 Å². The molecule has 0 radical (unpaired) electrons. The normalized spacial score (nSPS) is 10.7. The van der Waals surface area contributed by atoms with Gasteiger partial charge in [-0.05, 0) is 23.6 Å². The molecular formula is C17H17N3. The number of benzene rings is 2. The van der Waals surface area contributed by atoms with E-state index >= 15 is 0 Å². The molecule has 1 aromatic heterocycles. The van der Waals surface area contributed by atoms with Gasteiger partial charge in [0, 0.05) is 17.8 Å². The molecule has 0 aliphatic rings. The predicted molar refractivity (Wildman–Crippen MR) is 82.1 cm³/mol. The molecule has 2 aromatic carbocycles. The minimum Gasteiger partial charge on any atom is -0.325 e. The summed E-state index contributed by atoms with van der Waals surface area (Å²) in [5, 5.41) is 7.24. The number of nitrogens with one attached hydrogen (secondary N) is 1. The molecule has 0 saturated heterocycles. The number of hydrogen-bond donors (Lipinski definition) is 2. The summed E-state index contributed by atoms with van der Waals surface area (Å²) in [4.78, 5) is 0. The maximum Gasteiger partial charge on any atom is 0.0838 e. The minimum atomic E-state index is 0.445. The number of nitrogens with zero attached hydrogens (tertiary/aromatic N) is 1. The molecule has 0 aliphatic heterocycles. The van der Waals surface area contributed by atoms with Gasteiger partial charge in [0.1, 0.15) is 0 Å². The molecule has 3 aromatic rings. The lowest BCUT2D eigenvalue weighted by Gasteiger charge is -2.05. The third kappa shape index (κ3) is 2.24. The van der Waals surface area contributed by atoms with Crippen LogP contribution in [0.3, 0.4) is 0 Å². The summed E-state index contributed by atoms with van der Waals surface area (Å²) in [6.07, 6.45) is 0. The van der Waals surface area contributed by atoms with Crippen LogP contribution >= 0.6 is 0 Å². The van der Waals surface area contributed by atoms with Crippen LogP contribution in [-0.2, 0) is 6.54 Å². The Kier molecular flexibility index (Phi) is 3.35. The van der Waals surface area contributed by atoms with E-state index in [1.165, 1.54) is 11.1 Å². The van der Waals surface area contributed by atoms with Gasteiger partial charge < -0.3 is 5.73 Å². The van der Waals surface area contributed by atoms with Crippen molar-refractivity contribution in [3.8, 4) is 22.3 Å². The number of aromatic nitrogens is 2. The molecule has 0 amide bonds. The molecule has 3 rings (SSSR count). The Hall–Kier alpha value is -2.39. The fraction of sp³-hybridized carbons (Fsp3) is 0.118. The molecule has 20 heavy (non-hydrogen) atoms. The molecule has 3 heteroatoms. The van der Waals surface area contributed by atoms with Crippen molar-refractivity contribution in [1.29, 1.82) is 0 Å². The van der Waals surface area contributed by atoms with Crippen molar-refractivity contribution in [2.75, 3.05) is 0 Å².